The molecule has 0 aliphatic carbocycles. The summed E-state index contributed by atoms with van der Waals surface area (Å²) in [5, 5.41) is 2.38. The molecule has 0 spiro atoms. The fourth-order valence-corrected chi connectivity index (χ4v) is 3.91. The van der Waals surface area contributed by atoms with Crippen LogP contribution >= 0.6 is 39.1 Å². The first-order valence-electron chi connectivity index (χ1n) is 7.55. The third kappa shape index (κ3) is 3.58. The van der Waals surface area contributed by atoms with Gasteiger partial charge in [0.25, 0.3) is 0 Å². The van der Waals surface area contributed by atoms with Gasteiger partial charge in [-0.3, -0.25) is 0 Å². The van der Waals surface area contributed by atoms with Gasteiger partial charge in [0.05, 0.1) is 5.02 Å². The molecular formula is C18H17BrCl2N2. The molecule has 0 amide bonds. The number of nitrogens with two attached hydrogens (primary N) is 1. The summed E-state index contributed by atoms with van der Waals surface area (Å²) in [6.07, 6.45) is 2.96. The summed E-state index contributed by atoms with van der Waals surface area (Å²) < 4.78 is 1.05. The molecule has 0 radical (unpaired) electrons. The summed E-state index contributed by atoms with van der Waals surface area (Å²) in [6.45, 7) is 0.703. The van der Waals surface area contributed by atoms with Crippen molar-refractivity contribution >= 4 is 50.0 Å². The molecule has 1 heterocycles. The molecule has 0 unspecified atom stereocenters. The van der Waals surface area contributed by atoms with E-state index in [-0.39, 0.29) is 0 Å². The Balaban J connectivity index is 2.19. The molecule has 3 aromatic rings. The highest BCUT2D eigenvalue weighted by atomic mass is 79.9. The van der Waals surface area contributed by atoms with Gasteiger partial charge in [0.1, 0.15) is 0 Å². The average Bonchev–Trinajstić information content (AvgIpc) is 2.86. The van der Waals surface area contributed by atoms with E-state index >= 15 is 0 Å². The zero-order valence-electron chi connectivity index (χ0n) is 12.5. The largest absolute Gasteiger partial charge is 0.354 e. The van der Waals surface area contributed by atoms with Gasteiger partial charge < -0.3 is 10.7 Å². The molecule has 3 rings (SSSR count). The van der Waals surface area contributed by atoms with Gasteiger partial charge in [0.15, 0.2) is 0 Å². The Hall–Kier alpha value is -1.000. The second-order valence-corrected chi connectivity index (χ2v) is 7.30. The van der Waals surface area contributed by atoms with Crippen molar-refractivity contribution in [2.75, 3.05) is 6.54 Å². The second kappa shape index (κ2) is 7.27. The Morgan fingerprint density at radius 2 is 1.91 bits per heavy atom. The Bertz CT molecular complexity index is 842. The highest BCUT2D eigenvalue weighted by Gasteiger charge is 2.16. The van der Waals surface area contributed by atoms with Crippen molar-refractivity contribution < 1.29 is 0 Å². The van der Waals surface area contributed by atoms with Gasteiger partial charge >= 0.3 is 0 Å². The molecule has 0 saturated heterocycles. The first-order chi connectivity index (χ1) is 11.1. The van der Waals surface area contributed by atoms with Gasteiger partial charge in [-0.2, -0.15) is 0 Å². The molecule has 0 aliphatic rings. The van der Waals surface area contributed by atoms with E-state index in [0.29, 0.717) is 16.6 Å². The van der Waals surface area contributed by atoms with Gasteiger partial charge in [-0.25, -0.2) is 0 Å². The minimum Gasteiger partial charge on any atom is -0.354 e. The van der Waals surface area contributed by atoms with Crippen molar-refractivity contribution in [1.82, 2.24) is 4.98 Å². The number of rotatable bonds is 5. The summed E-state index contributed by atoms with van der Waals surface area (Å²) in [4.78, 5) is 3.50. The lowest BCUT2D eigenvalue weighted by atomic mass is 10.0. The molecule has 120 valence electrons. The fourth-order valence-electron chi connectivity index (χ4n) is 2.90. The summed E-state index contributed by atoms with van der Waals surface area (Å²) in [5.74, 6) is 0. The van der Waals surface area contributed by atoms with Gasteiger partial charge in [0.2, 0.25) is 0 Å². The Morgan fingerprint density at radius 1 is 1.09 bits per heavy atom. The monoisotopic (exact) mass is 410 g/mol. The van der Waals surface area contributed by atoms with Crippen LogP contribution in [0.1, 0.15) is 18.4 Å². The zero-order valence-corrected chi connectivity index (χ0v) is 15.6. The smallest absolute Gasteiger partial charge is 0.0517 e. The highest BCUT2D eigenvalue weighted by molar-refractivity contribution is 9.10. The molecule has 0 saturated carbocycles. The maximum atomic E-state index is 6.47. The number of nitrogens with one attached hydrogen (secondary N) is 1. The quantitative estimate of drug-likeness (QED) is 0.483. The number of unbranched alkanes of at least 4 members (excludes halogenated alkanes) is 1. The van der Waals surface area contributed by atoms with E-state index in [1.54, 1.807) is 6.07 Å². The number of aromatic amines is 1. The van der Waals surface area contributed by atoms with Crippen molar-refractivity contribution in [3.63, 3.8) is 0 Å². The van der Waals surface area contributed by atoms with Crippen molar-refractivity contribution in [3.05, 3.63) is 56.5 Å². The van der Waals surface area contributed by atoms with Gasteiger partial charge in [0, 0.05) is 26.1 Å². The van der Waals surface area contributed by atoms with Crippen LogP contribution in [0.5, 0.6) is 0 Å². The van der Waals surface area contributed by atoms with Gasteiger partial charge in [-0.05, 0) is 61.2 Å². The van der Waals surface area contributed by atoms with Crippen molar-refractivity contribution in [2.45, 2.75) is 19.3 Å². The predicted octanol–water partition coefficient (Wildman–Crippen LogP) is 6.19. The van der Waals surface area contributed by atoms with Crippen LogP contribution in [0.4, 0.5) is 0 Å². The van der Waals surface area contributed by atoms with Crippen molar-refractivity contribution in [3.8, 4) is 11.3 Å². The molecule has 0 fully saturated rings. The first-order valence-corrected chi connectivity index (χ1v) is 9.10. The number of hydrogen-bond acceptors (Lipinski definition) is 1. The molecule has 2 nitrogen and oxygen atoms in total. The molecule has 0 atom stereocenters. The minimum absolute atomic E-state index is 0.637. The number of fused-ring (bicyclic) bond motifs is 1. The number of H-pyrrole nitrogens is 1. The number of aryl methyl sites for hydroxylation is 1. The first kappa shape index (κ1) is 16.8. The number of hydrogen-bond donors (Lipinski definition) is 2. The molecule has 5 heteroatoms. The third-order valence-electron chi connectivity index (χ3n) is 3.91. The van der Waals surface area contributed by atoms with Crippen LogP contribution in [0, 0.1) is 0 Å². The van der Waals surface area contributed by atoms with Crippen molar-refractivity contribution in [2.24, 2.45) is 5.73 Å². The summed E-state index contributed by atoms with van der Waals surface area (Å²) >= 11 is 16.2. The van der Waals surface area contributed by atoms with E-state index in [1.807, 2.05) is 18.2 Å². The minimum atomic E-state index is 0.637. The number of benzene rings is 2. The van der Waals surface area contributed by atoms with Crippen LogP contribution in [0.15, 0.2) is 40.9 Å². The number of aromatic nitrogens is 1. The molecule has 0 aliphatic heterocycles. The molecular weight excluding hydrogens is 395 g/mol. The van der Waals surface area contributed by atoms with Gasteiger partial charge in [-0.1, -0.05) is 51.3 Å². The Labute approximate surface area is 154 Å². The molecule has 1 aromatic heterocycles. The van der Waals surface area contributed by atoms with E-state index in [4.69, 9.17) is 28.9 Å². The second-order valence-electron chi connectivity index (χ2n) is 5.54. The highest BCUT2D eigenvalue weighted by Crippen LogP contribution is 2.37. The lowest BCUT2D eigenvalue weighted by molar-refractivity contribution is 0.748. The van der Waals surface area contributed by atoms with E-state index < -0.39 is 0 Å². The van der Waals surface area contributed by atoms with E-state index in [9.17, 15) is 0 Å². The van der Waals surface area contributed by atoms with Crippen LogP contribution in [0.2, 0.25) is 10.0 Å². The summed E-state index contributed by atoms with van der Waals surface area (Å²) in [5.41, 5.74) is 10.1. The lowest BCUT2D eigenvalue weighted by Gasteiger charge is -2.06. The van der Waals surface area contributed by atoms with Crippen LogP contribution in [-0.2, 0) is 6.42 Å². The van der Waals surface area contributed by atoms with E-state index in [0.717, 1.165) is 45.9 Å². The number of halogens is 3. The maximum Gasteiger partial charge on any atom is 0.0517 e. The van der Waals surface area contributed by atoms with E-state index in [2.05, 4.69) is 33.0 Å². The van der Waals surface area contributed by atoms with E-state index in [1.165, 1.54) is 5.56 Å². The Morgan fingerprint density at radius 3 is 2.65 bits per heavy atom. The molecule has 3 N–H and O–H groups in total. The standard InChI is InChI=1S/C18H17BrCl2N2/c19-12-5-3-4-11(8-12)18-14(6-1-2-7-22)17-15(21)9-13(20)10-16(17)23-18/h3-5,8-10,23H,1-2,6-7,22H2. The van der Waals surface area contributed by atoms with Crippen LogP contribution < -0.4 is 5.73 Å². The summed E-state index contributed by atoms with van der Waals surface area (Å²) in [6, 6.07) is 12.0. The average molecular weight is 412 g/mol. The predicted molar refractivity (Wildman–Crippen MR) is 103 cm³/mol. The van der Waals surface area contributed by atoms with Crippen LogP contribution in [0.3, 0.4) is 0 Å². The zero-order chi connectivity index (χ0) is 16.4. The normalized spacial score (nSPS) is 11.3. The SMILES string of the molecule is NCCCCc1c(-c2cccc(Br)c2)[nH]c2cc(Cl)cc(Cl)c12. The van der Waals surface area contributed by atoms with Crippen LogP contribution in [-0.4, -0.2) is 11.5 Å². The van der Waals surface area contributed by atoms with Gasteiger partial charge in [-0.15, -0.1) is 0 Å². The van der Waals surface area contributed by atoms with Crippen LogP contribution in [0.25, 0.3) is 22.2 Å². The maximum absolute atomic E-state index is 6.47. The molecule has 0 bridgehead atoms. The molecule has 23 heavy (non-hydrogen) atoms. The molecule has 2 aromatic carbocycles. The lowest BCUT2D eigenvalue weighted by Crippen LogP contribution is -1.99. The Kier molecular flexibility index (Phi) is 5.32. The fraction of sp³-hybridized carbons (Fsp3) is 0.222. The van der Waals surface area contributed by atoms with Crippen molar-refractivity contribution in [1.29, 1.82) is 0 Å². The summed E-state index contributed by atoms with van der Waals surface area (Å²) in [7, 11) is 0. The third-order valence-corrected chi connectivity index (χ3v) is 4.92. The topological polar surface area (TPSA) is 41.8 Å².